The normalized spacial score (nSPS) is 11.7. The average molecular weight is 309 g/mol. The van der Waals surface area contributed by atoms with Crippen LogP contribution >= 0.6 is 0 Å². The number of amidine groups is 1. The van der Waals surface area contributed by atoms with Gasteiger partial charge in [-0.3, -0.25) is 4.99 Å². The first kappa shape index (κ1) is 14.8. The summed E-state index contributed by atoms with van der Waals surface area (Å²) in [5.74, 6) is 0.542. The highest BCUT2D eigenvalue weighted by molar-refractivity contribution is 5.97. The minimum atomic E-state index is -0.461. The number of nitrogens with zero attached hydrogens (tertiary/aromatic N) is 1. The van der Waals surface area contributed by atoms with Gasteiger partial charge in [-0.1, -0.05) is 24.8 Å². The molecular weight excluding hydrogens is 293 g/mol. The van der Waals surface area contributed by atoms with E-state index in [2.05, 4.69) is 16.6 Å². The van der Waals surface area contributed by atoms with Crippen LogP contribution < -0.4 is 10.5 Å². The molecule has 4 nitrogen and oxygen atoms in total. The first-order valence-electron chi connectivity index (χ1n) is 7.06. The van der Waals surface area contributed by atoms with Gasteiger partial charge in [0.15, 0.2) is 11.6 Å². The van der Waals surface area contributed by atoms with Gasteiger partial charge < -0.3 is 15.5 Å². The molecule has 5 heteroatoms. The zero-order valence-electron chi connectivity index (χ0n) is 12.6. The molecule has 23 heavy (non-hydrogen) atoms. The van der Waals surface area contributed by atoms with Gasteiger partial charge in [-0.25, -0.2) is 4.39 Å². The molecule has 0 unspecified atom stereocenters. The summed E-state index contributed by atoms with van der Waals surface area (Å²) >= 11 is 0. The molecule has 0 aliphatic rings. The Morgan fingerprint density at radius 1 is 1.35 bits per heavy atom. The molecule has 0 atom stereocenters. The lowest BCUT2D eigenvalue weighted by atomic mass is 10.1. The number of hydrogen-bond acceptors (Lipinski definition) is 2. The lowest BCUT2D eigenvalue weighted by molar-refractivity contribution is 0.442. The number of aromatic amines is 1. The summed E-state index contributed by atoms with van der Waals surface area (Å²) in [6, 6.07) is 10.3. The third-order valence-electron chi connectivity index (χ3n) is 3.60. The third kappa shape index (κ3) is 2.68. The number of ether oxygens (including phenoxy) is 1. The zero-order chi connectivity index (χ0) is 16.4. The molecule has 3 aromatic rings. The maximum atomic E-state index is 14.4. The Morgan fingerprint density at radius 3 is 2.91 bits per heavy atom. The van der Waals surface area contributed by atoms with E-state index in [4.69, 9.17) is 10.5 Å². The highest BCUT2D eigenvalue weighted by Crippen LogP contribution is 2.35. The van der Waals surface area contributed by atoms with Gasteiger partial charge in [-0.2, -0.15) is 0 Å². The summed E-state index contributed by atoms with van der Waals surface area (Å²) in [6.45, 7) is 3.76. The van der Waals surface area contributed by atoms with E-state index in [9.17, 15) is 4.39 Å². The molecule has 0 spiro atoms. The molecule has 0 radical (unpaired) electrons. The number of H-pyrrole nitrogens is 1. The Bertz CT molecular complexity index is 912. The Labute approximate surface area is 133 Å². The van der Waals surface area contributed by atoms with Crippen molar-refractivity contribution in [1.29, 1.82) is 0 Å². The standard InChI is InChI=1S/C18H16FN3O/c1-3-13-14-7-8-22-16(14)10-15(19)17(13)23-12-6-4-5-11(9-12)18(20)21-2/h3-10,22H,1H2,2H3,(H2,20,21). The minimum Gasteiger partial charge on any atom is -0.454 e. The van der Waals surface area contributed by atoms with Gasteiger partial charge in [0, 0.05) is 41.3 Å². The second-order valence-electron chi connectivity index (χ2n) is 4.98. The fourth-order valence-electron chi connectivity index (χ4n) is 2.45. The van der Waals surface area contributed by atoms with E-state index in [1.54, 1.807) is 37.5 Å². The Balaban J connectivity index is 2.08. The number of benzene rings is 2. The minimum absolute atomic E-state index is 0.135. The van der Waals surface area contributed by atoms with Gasteiger partial charge in [0.25, 0.3) is 0 Å². The quantitative estimate of drug-likeness (QED) is 0.563. The molecule has 0 aliphatic carbocycles. The summed E-state index contributed by atoms with van der Waals surface area (Å²) in [4.78, 5) is 6.92. The predicted molar refractivity (Wildman–Crippen MR) is 91.5 cm³/mol. The van der Waals surface area contributed by atoms with Crippen LogP contribution in [-0.2, 0) is 0 Å². The molecule has 3 N–H and O–H groups in total. The molecule has 116 valence electrons. The van der Waals surface area contributed by atoms with Crippen molar-refractivity contribution < 1.29 is 9.13 Å². The molecule has 1 aromatic heterocycles. The summed E-state index contributed by atoms with van der Waals surface area (Å²) in [6.07, 6.45) is 3.33. The first-order chi connectivity index (χ1) is 11.1. The van der Waals surface area contributed by atoms with Crippen molar-refractivity contribution in [3.63, 3.8) is 0 Å². The van der Waals surface area contributed by atoms with Crippen LogP contribution in [0.25, 0.3) is 17.0 Å². The van der Waals surface area contributed by atoms with Crippen molar-refractivity contribution in [2.24, 2.45) is 10.7 Å². The second-order valence-corrected chi connectivity index (χ2v) is 4.98. The van der Waals surface area contributed by atoms with Crippen molar-refractivity contribution in [3.05, 3.63) is 66.1 Å². The van der Waals surface area contributed by atoms with Gasteiger partial charge in [0.1, 0.15) is 11.6 Å². The first-order valence-corrected chi connectivity index (χ1v) is 7.06. The number of halogens is 1. The van der Waals surface area contributed by atoms with Gasteiger partial charge in [-0.15, -0.1) is 0 Å². The van der Waals surface area contributed by atoms with Crippen LogP contribution in [0.15, 0.2) is 54.2 Å². The summed E-state index contributed by atoms with van der Waals surface area (Å²) in [5, 5.41) is 0.849. The van der Waals surface area contributed by atoms with Crippen molar-refractivity contribution in [3.8, 4) is 11.5 Å². The lowest BCUT2D eigenvalue weighted by Gasteiger charge is -2.12. The molecule has 0 saturated heterocycles. The third-order valence-corrected chi connectivity index (χ3v) is 3.60. The molecule has 0 aliphatic heterocycles. The molecule has 0 bridgehead atoms. The highest BCUT2D eigenvalue weighted by atomic mass is 19.1. The van der Waals surface area contributed by atoms with Crippen LogP contribution in [0.1, 0.15) is 11.1 Å². The van der Waals surface area contributed by atoms with E-state index >= 15 is 0 Å². The smallest absolute Gasteiger partial charge is 0.170 e. The van der Waals surface area contributed by atoms with Crippen LogP contribution in [0, 0.1) is 5.82 Å². The second kappa shape index (κ2) is 5.96. The van der Waals surface area contributed by atoms with Gasteiger partial charge >= 0.3 is 0 Å². The largest absolute Gasteiger partial charge is 0.454 e. The number of aromatic nitrogens is 1. The maximum Gasteiger partial charge on any atom is 0.170 e. The monoisotopic (exact) mass is 309 g/mol. The number of fused-ring (bicyclic) bond motifs is 1. The molecular formula is C18H16FN3O. The highest BCUT2D eigenvalue weighted by Gasteiger charge is 2.15. The predicted octanol–water partition coefficient (Wildman–Crippen LogP) is 4.08. The van der Waals surface area contributed by atoms with E-state index < -0.39 is 5.82 Å². The average Bonchev–Trinajstić information content (AvgIpc) is 3.02. The number of rotatable bonds is 4. The molecule has 3 rings (SSSR count). The lowest BCUT2D eigenvalue weighted by Crippen LogP contribution is -2.12. The van der Waals surface area contributed by atoms with Crippen molar-refractivity contribution in [2.75, 3.05) is 7.05 Å². The van der Waals surface area contributed by atoms with Gasteiger partial charge in [0.05, 0.1) is 0 Å². The maximum absolute atomic E-state index is 14.4. The summed E-state index contributed by atoms with van der Waals surface area (Å²) in [7, 11) is 1.61. The van der Waals surface area contributed by atoms with E-state index in [-0.39, 0.29) is 5.75 Å². The van der Waals surface area contributed by atoms with E-state index in [0.29, 0.717) is 28.2 Å². The number of aliphatic imine (C=N–C) groups is 1. The SMILES string of the molecule is C=Cc1c(Oc2cccc(C(N)=NC)c2)c(F)cc2[nH]ccc12. The molecule has 0 saturated carbocycles. The van der Waals surface area contributed by atoms with Crippen LogP contribution in [0.5, 0.6) is 11.5 Å². The van der Waals surface area contributed by atoms with E-state index in [1.165, 1.54) is 6.07 Å². The topological polar surface area (TPSA) is 63.4 Å². The Hall–Kier alpha value is -3.08. The van der Waals surface area contributed by atoms with E-state index in [1.807, 2.05) is 12.1 Å². The van der Waals surface area contributed by atoms with Crippen molar-refractivity contribution in [1.82, 2.24) is 4.98 Å². The Kier molecular flexibility index (Phi) is 3.85. The number of nitrogens with one attached hydrogen (secondary N) is 1. The molecule has 0 fully saturated rings. The van der Waals surface area contributed by atoms with E-state index in [0.717, 1.165) is 5.39 Å². The molecule has 1 heterocycles. The number of hydrogen-bond donors (Lipinski definition) is 2. The van der Waals surface area contributed by atoms with Gasteiger partial charge in [0.2, 0.25) is 0 Å². The van der Waals surface area contributed by atoms with Crippen molar-refractivity contribution >= 4 is 22.8 Å². The van der Waals surface area contributed by atoms with Crippen LogP contribution in [0.2, 0.25) is 0 Å². The summed E-state index contributed by atoms with van der Waals surface area (Å²) < 4.78 is 20.2. The zero-order valence-corrected chi connectivity index (χ0v) is 12.6. The fourth-order valence-corrected chi connectivity index (χ4v) is 2.45. The van der Waals surface area contributed by atoms with Crippen molar-refractivity contribution in [2.45, 2.75) is 0 Å². The van der Waals surface area contributed by atoms with Crippen LogP contribution in [0.4, 0.5) is 4.39 Å². The fraction of sp³-hybridized carbons (Fsp3) is 0.0556. The van der Waals surface area contributed by atoms with Gasteiger partial charge in [-0.05, 0) is 18.2 Å². The Morgan fingerprint density at radius 2 is 2.17 bits per heavy atom. The number of nitrogens with two attached hydrogens (primary N) is 1. The molecule has 2 aromatic carbocycles. The summed E-state index contributed by atoms with van der Waals surface area (Å²) in [5.41, 5.74) is 7.82. The van der Waals surface area contributed by atoms with Crippen LogP contribution in [0.3, 0.4) is 0 Å². The van der Waals surface area contributed by atoms with Crippen LogP contribution in [-0.4, -0.2) is 17.9 Å². The molecule has 0 amide bonds.